The average Bonchev–Trinajstić information content (AvgIpc) is 2.82. The molecule has 1 aliphatic heterocycles. The Hall–Kier alpha value is -3.64. The summed E-state index contributed by atoms with van der Waals surface area (Å²) in [5.41, 5.74) is 3.72. The first-order valence-electron chi connectivity index (χ1n) is 10.6. The normalized spacial score (nSPS) is 15.2. The fourth-order valence-corrected chi connectivity index (χ4v) is 4.23. The number of fused-ring (bicyclic) bond motifs is 3. The number of hydrogen-bond acceptors (Lipinski definition) is 4. The molecule has 1 N–H and O–H groups in total. The second-order valence-corrected chi connectivity index (χ2v) is 7.97. The summed E-state index contributed by atoms with van der Waals surface area (Å²) in [5.74, 6) is 1.27. The van der Waals surface area contributed by atoms with Gasteiger partial charge in [-0.2, -0.15) is 0 Å². The summed E-state index contributed by atoms with van der Waals surface area (Å²) in [4.78, 5) is 13.6. The highest BCUT2D eigenvalue weighted by atomic mass is 19.1. The van der Waals surface area contributed by atoms with Crippen molar-refractivity contribution in [2.24, 2.45) is 0 Å². The standard InChI is InChI=1S/C26H22FNO4/c1-30-20-7-5-18(6-8-20)22-14-25(29)32-26-21(22)9-10-24-23(26)15-28(16-31-24)12-11-17-3-2-4-19(27)13-17/h2-10,13-14H,11-12,15-16H2,1H3/p+1. The van der Waals surface area contributed by atoms with Gasteiger partial charge in [0.1, 0.15) is 23.9 Å². The molecule has 1 aromatic heterocycles. The highest BCUT2D eigenvalue weighted by molar-refractivity contribution is 5.95. The molecule has 0 amide bonds. The molecule has 162 valence electrons. The molecule has 1 aliphatic rings. The Morgan fingerprint density at radius 2 is 1.91 bits per heavy atom. The Morgan fingerprint density at radius 3 is 2.69 bits per heavy atom. The lowest BCUT2D eigenvalue weighted by atomic mass is 9.99. The van der Waals surface area contributed by atoms with Crippen molar-refractivity contribution in [1.82, 2.24) is 0 Å². The van der Waals surface area contributed by atoms with Gasteiger partial charge in [-0.15, -0.1) is 0 Å². The lowest BCUT2D eigenvalue weighted by Gasteiger charge is -2.26. The maximum atomic E-state index is 13.5. The molecule has 5 nitrogen and oxygen atoms in total. The highest BCUT2D eigenvalue weighted by Crippen LogP contribution is 2.34. The van der Waals surface area contributed by atoms with E-state index in [1.807, 2.05) is 42.5 Å². The van der Waals surface area contributed by atoms with Crippen LogP contribution in [0.1, 0.15) is 11.1 Å². The van der Waals surface area contributed by atoms with Crippen molar-refractivity contribution >= 4 is 11.0 Å². The van der Waals surface area contributed by atoms with Gasteiger partial charge in [-0.25, -0.2) is 9.18 Å². The maximum absolute atomic E-state index is 13.5. The number of rotatable bonds is 5. The number of nitrogens with one attached hydrogen (secondary N) is 1. The van der Waals surface area contributed by atoms with Crippen LogP contribution >= 0.6 is 0 Å². The topological polar surface area (TPSA) is 53.1 Å². The first kappa shape index (κ1) is 20.3. The fourth-order valence-electron chi connectivity index (χ4n) is 4.23. The van der Waals surface area contributed by atoms with Crippen LogP contribution in [0.2, 0.25) is 0 Å². The van der Waals surface area contributed by atoms with E-state index in [9.17, 15) is 9.18 Å². The summed E-state index contributed by atoms with van der Waals surface area (Å²) in [6, 6.07) is 19.7. The van der Waals surface area contributed by atoms with E-state index in [1.165, 1.54) is 17.0 Å². The summed E-state index contributed by atoms with van der Waals surface area (Å²) in [5, 5.41) is 0.864. The Balaban J connectivity index is 1.48. The fraction of sp³-hybridized carbons (Fsp3) is 0.192. The number of quaternary nitrogens is 1. The van der Waals surface area contributed by atoms with Crippen LogP contribution in [0, 0.1) is 5.82 Å². The van der Waals surface area contributed by atoms with Crippen molar-refractivity contribution in [2.75, 3.05) is 20.4 Å². The van der Waals surface area contributed by atoms with Crippen LogP contribution in [0.15, 0.2) is 75.9 Å². The Labute approximate surface area is 184 Å². The Morgan fingerprint density at radius 1 is 1.06 bits per heavy atom. The molecule has 1 unspecified atom stereocenters. The molecule has 0 fully saturated rings. The minimum absolute atomic E-state index is 0.225. The van der Waals surface area contributed by atoms with E-state index in [2.05, 4.69) is 0 Å². The molecule has 1 atom stereocenters. The van der Waals surface area contributed by atoms with Crippen LogP contribution in [0.25, 0.3) is 22.1 Å². The minimum atomic E-state index is -0.399. The number of halogens is 1. The van der Waals surface area contributed by atoms with Gasteiger partial charge < -0.3 is 13.9 Å². The van der Waals surface area contributed by atoms with Crippen molar-refractivity contribution in [3.05, 3.63) is 94.1 Å². The molecule has 0 aliphatic carbocycles. The lowest BCUT2D eigenvalue weighted by Crippen LogP contribution is -3.12. The van der Waals surface area contributed by atoms with E-state index in [-0.39, 0.29) is 5.82 Å². The third-order valence-electron chi connectivity index (χ3n) is 5.89. The zero-order chi connectivity index (χ0) is 22.1. The van der Waals surface area contributed by atoms with Gasteiger partial charge in [-0.1, -0.05) is 24.3 Å². The molecule has 5 rings (SSSR count). The van der Waals surface area contributed by atoms with E-state index in [4.69, 9.17) is 13.9 Å². The van der Waals surface area contributed by atoms with Gasteiger partial charge in [0.25, 0.3) is 0 Å². The SMILES string of the molecule is COc1ccc(-c2cc(=O)oc3c4c(ccc23)OC[NH+](CCc2cccc(F)c2)C4)cc1. The number of ether oxygens (including phenoxy) is 2. The quantitative estimate of drug-likeness (QED) is 0.490. The molecular formula is C26H23FNO4+. The maximum Gasteiger partial charge on any atom is 0.336 e. The van der Waals surface area contributed by atoms with E-state index in [0.29, 0.717) is 18.9 Å². The van der Waals surface area contributed by atoms with Gasteiger partial charge in [-0.05, 0) is 53.1 Å². The number of hydrogen-bond donors (Lipinski definition) is 1. The van der Waals surface area contributed by atoms with E-state index < -0.39 is 5.63 Å². The first-order valence-corrected chi connectivity index (χ1v) is 10.6. The average molecular weight is 432 g/mol. The van der Waals surface area contributed by atoms with Crippen molar-refractivity contribution in [3.63, 3.8) is 0 Å². The number of methoxy groups -OCH3 is 1. The van der Waals surface area contributed by atoms with Crippen molar-refractivity contribution in [1.29, 1.82) is 0 Å². The minimum Gasteiger partial charge on any atom is -0.497 e. The van der Waals surface area contributed by atoms with Crippen LogP contribution in [0.4, 0.5) is 4.39 Å². The third kappa shape index (κ3) is 3.97. The molecular weight excluding hydrogens is 409 g/mol. The zero-order valence-corrected chi connectivity index (χ0v) is 17.7. The molecule has 6 heteroatoms. The largest absolute Gasteiger partial charge is 0.497 e. The number of benzene rings is 3. The molecule has 32 heavy (non-hydrogen) atoms. The van der Waals surface area contributed by atoms with E-state index in [1.54, 1.807) is 19.2 Å². The van der Waals surface area contributed by atoms with Crippen molar-refractivity contribution in [3.8, 4) is 22.6 Å². The molecule has 3 aromatic carbocycles. The second-order valence-electron chi connectivity index (χ2n) is 7.97. The summed E-state index contributed by atoms with van der Waals surface area (Å²) in [6.07, 6.45) is 0.734. The molecule has 0 saturated carbocycles. The second kappa shape index (κ2) is 8.48. The van der Waals surface area contributed by atoms with E-state index in [0.717, 1.165) is 52.1 Å². The van der Waals surface area contributed by atoms with Crippen LogP contribution in [-0.4, -0.2) is 20.4 Å². The molecule has 0 saturated heterocycles. The molecule has 0 radical (unpaired) electrons. The predicted octanol–water partition coefficient (Wildman–Crippen LogP) is 3.59. The first-order chi connectivity index (χ1) is 15.6. The van der Waals surface area contributed by atoms with Crippen molar-refractivity contribution in [2.45, 2.75) is 13.0 Å². The monoisotopic (exact) mass is 432 g/mol. The predicted molar refractivity (Wildman–Crippen MR) is 120 cm³/mol. The molecule has 4 aromatic rings. The van der Waals surface area contributed by atoms with Crippen LogP contribution in [0.5, 0.6) is 11.5 Å². The summed E-state index contributed by atoms with van der Waals surface area (Å²) in [6.45, 7) is 1.95. The van der Waals surface area contributed by atoms with Gasteiger partial charge >= 0.3 is 5.63 Å². The summed E-state index contributed by atoms with van der Waals surface area (Å²) < 4.78 is 30.4. The van der Waals surface area contributed by atoms with Crippen LogP contribution in [0.3, 0.4) is 0 Å². The van der Waals surface area contributed by atoms with Gasteiger partial charge in [-0.3, -0.25) is 4.90 Å². The third-order valence-corrected chi connectivity index (χ3v) is 5.89. The van der Waals surface area contributed by atoms with Crippen LogP contribution < -0.4 is 20.0 Å². The van der Waals surface area contributed by atoms with Gasteiger partial charge in [0.05, 0.1) is 19.2 Å². The Bertz CT molecular complexity index is 1330. The van der Waals surface area contributed by atoms with Gasteiger partial charge in [0.15, 0.2) is 5.58 Å². The zero-order valence-electron chi connectivity index (χ0n) is 17.7. The highest BCUT2D eigenvalue weighted by Gasteiger charge is 2.25. The van der Waals surface area contributed by atoms with E-state index >= 15 is 0 Å². The molecule has 0 spiro atoms. The van der Waals surface area contributed by atoms with Gasteiger partial charge in [0, 0.05) is 17.9 Å². The summed E-state index contributed by atoms with van der Waals surface area (Å²) in [7, 11) is 1.62. The van der Waals surface area contributed by atoms with Gasteiger partial charge in [0.2, 0.25) is 6.73 Å². The summed E-state index contributed by atoms with van der Waals surface area (Å²) >= 11 is 0. The molecule has 2 heterocycles. The van der Waals surface area contributed by atoms with Crippen LogP contribution in [-0.2, 0) is 13.0 Å². The van der Waals surface area contributed by atoms with Crippen molar-refractivity contribution < 1.29 is 23.2 Å². The smallest absolute Gasteiger partial charge is 0.336 e. The lowest BCUT2D eigenvalue weighted by molar-refractivity contribution is -0.932. The Kier molecular flexibility index (Phi) is 5.37. The molecule has 0 bridgehead atoms.